The minimum absolute atomic E-state index is 0.284. The molecule has 0 aliphatic heterocycles. The van der Waals surface area contributed by atoms with E-state index in [1.165, 1.54) is 31.2 Å². The number of para-hydroxylation sites is 2. The predicted molar refractivity (Wildman–Crippen MR) is 103 cm³/mol. The maximum Gasteiger partial charge on any atom is 0.400 e. The molecule has 0 spiro atoms. The van der Waals surface area contributed by atoms with Crippen molar-refractivity contribution in [3.05, 3.63) is 54.1 Å². The molecule has 0 bridgehead atoms. The Morgan fingerprint density at radius 2 is 1.88 bits per heavy atom. The summed E-state index contributed by atoms with van der Waals surface area (Å²) in [5.41, 5.74) is 8.67. The van der Waals surface area contributed by atoms with E-state index in [4.69, 9.17) is 14.9 Å². The van der Waals surface area contributed by atoms with Gasteiger partial charge in [-0.25, -0.2) is 0 Å². The van der Waals surface area contributed by atoms with Crippen molar-refractivity contribution >= 4 is 11.1 Å². The van der Waals surface area contributed by atoms with Crippen LogP contribution in [0.25, 0.3) is 11.1 Å². The topological polar surface area (TPSA) is 61.3 Å². The molecule has 136 valence electrons. The van der Waals surface area contributed by atoms with Gasteiger partial charge < -0.3 is 14.9 Å². The van der Waals surface area contributed by atoms with Crippen LogP contribution >= 0.6 is 0 Å². The average molecular weight is 350 g/mol. The molecule has 4 heteroatoms. The molecule has 2 N–H and O–H groups in total. The third-order valence-corrected chi connectivity index (χ3v) is 5.18. The van der Waals surface area contributed by atoms with Gasteiger partial charge in [-0.05, 0) is 73.9 Å². The predicted octanol–water partition coefficient (Wildman–Crippen LogP) is 5.32. The highest BCUT2D eigenvalue weighted by Gasteiger charge is 2.24. The van der Waals surface area contributed by atoms with E-state index >= 15 is 0 Å². The van der Waals surface area contributed by atoms with Crippen LogP contribution in [0.5, 0.6) is 11.8 Å². The molecule has 0 amide bonds. The minimum atomic E-state index is 0.284. The molecule has 1 heterocycles. The van der Waals surface area contributed by atoms with Crippen LogP contribution in [0.4, 0.5) is 0 Å². The fourth-order valence-corrected chi connectivity index (χ4v) is 3.53. The van der Waals surface area contributed by atoms with Gasteiger partial charge in [0.2, 0.25) is 0 Å². The highest BCUT2D eigenvalue weighted by atomic mass is 16.6. The molecule has 4 rings (SSSR count). The first-order chi connectivity index (χ1) is 12.8. The third-order valence-electron chi connectivity index (χ3n) is 5.18. The van der Waals surface area contributed by atoms with E-state index in [2.05, 4.69) is 17.1 Å². The lowest BCUT2D eigenvalue weighted by molar-refractivity contribution is 0.343. The van der Waals surface area contributed by atoms with Gasteiger partial charge in [-0.15, -0.1) is 0 Å². The number of nitrogens with two attached hydrogens (primary N) is 1. The number of hydrogen-bond donors (Lipinski definition) is 1. The van der Waals surface area contributed by atoms with Gasteiger partial charge in [-0.3, -0.25) is 0 Å². The van der Waals surface area contributed by atoms with Crippen molar-refractivity contribution in [2.24, 2.45) is 17.6 Å². The second-order valence-electron chi connectivity index (χ2n) is 7.35. The summed E-state index contributed by atoms with van der Waals surface area (Å²) in [7, 11) is 0. The Kier molecular flexibility index (Phi) is 5.21. The zero-order chi connectivity index (χ0) is 17.8. The average Bonchev–Trinajstić information content (AvgIpc) is 3.38. The standard InChI is InChI=1S/C22H26N2O2/c23-14-13-18(15-17-7-8-17)6-5-16-9-11-19(12-10-16)25-22-24-20-3-1-2-4-21(20)26-22/h1-4,9-12,17-18H,5-8,13-15,23H2. The van der Waals surface area contributed by atoms with Gasteiger partial charge in [0.25, 0.3) is 0 Å². The minimum Gasteiger partial charge on any atom is -0.411 e. The fraction of sp³-hybridized carbons (Fsp3) is 0.409. The highest BCUT2D eigenvalue weighted by molar-refractivity contribution is 5.72. The van der Waals surface area contributed by atoms with Crippen LogP contribution in [0.15, 0.2) is 52.9 Å². The van der Waals surface area contributed by atoms with E-state index in [1.54, 1.807) is 0 Å². The molecular formula is C22H26N2O2. The molecule has 0 radical (unpaired) electrons. The van der Waals surface area contributed by atoms with E-state index < -0.39 is 0 Å². The summed E-state index contributed by atoms with van der Waals surface area (Å²) in [6.45, 7) is 0.800. The van der Waals surface area contributed by atoms with Crippen LogP contribution in [0.3, 0.4) is 0 Å². The molecule has 1 aliphatic carbocycles. The first-order valence-corrected chi connectivity index (χ1v) is 9.62. The van der Waals surface area contributed by atoms with Gasteiger partial charge >= 0.3 is 6.08 Å². The van der Waals surface area contributed by atoms with Crippen molar-refractivity contribution in [2.45, 2.75) is 38.5 Å². The fourth-order valence-electron chi connectivity index (χ4n) is 3.53. The van der Waals surface area contributed by atoms with E-state index in [1.807, 2.05) is 36.4 Å². The number of aryl methyl sites for hydroxylation is 1. The van der Waals surface area contributed by atoms with Gasteiger partial charge in [-0.2, -0.15) is 4.98 Å². The molecule has 1 saturated carbocycles. The van der Waals surface area contributed by atoms with E-state index in [9.17, 15) is 0 Å². The Labute approximate surface area is 154 Å². The summed E-state index contributed by atoms with van der Waals surface area (Å²) in [6.07, 6.45) is 7.95. The normalized spacial score (nSPS) is 15.3. The van der Waals surface area contributed by atoms with E-state index in [0.717, 1.165) is 48.1 Å². The molecule has 1 aromatic heterocycles. The van der Waals surface area contributed by atoms with Crippen molar-refractivity contribution in [1.82, 2.24) is 4.98 Å². The van der Waals surface area contributed by atoms with Gasteiger partial charge in [0.15, 0.2) is 5.58 Å². The SMILES string of the molecule is NCCC(CCc1ccc(Oc2nc3ccccc3o2)cc1)CC1CC1. The quantitative estimate of drug-likeness (QED) is 0.567. The second-order valence-corrected chi connectivity index (χ2v) is 7.35. The summed E-state index contributed by atoms with van der Waals surface area (Å²) < 4.78 is 11.4. The lowest BCUT2D eigenvalue weighted by Crippen LogP contribution is -2.10. The number of nitrogens with zero attached hydrogens (tertiary/aromatic N) is 1. The molecule has 1 atom stereocenters. The van der Waals surface area contributed by atoms with E-state index in [-0.39, 0.29) is 6.08 Å². The van der Waals surface area contributed by atoms with Crippen molar-refractivity contribution in [3.8, 4) is 11.8 Å². The molecule has 2 aromatic carbocycles. The largest absolute Gasteiger partial charge is 0.411 e. The molecule has 0 saturated heterocycles. The molecule has 1 fully saturated rings. The van der Waals surface area contributed by atoms with Crippen LogP contribution in [0, 0.1) is 11.8 Å². The number of oxazole rings is 1. The van der Waals surface area contributed by atoms with Crippen molar-refractivity contribution < 1.29 is 9.15 Å². The Bertz CT molecular complexity index is 804. The summed E-state index contributed by atoms with van der Waals surface area (Å²) in [4.78, 5) is 4.34. The number of rotatable bonds is 9. The zero-order valence-electron chi connectivity index (χ0n) is 15.1. The number of benzene rings is 2. The highest BCUT2D eigenvalue weighted by Crippen LogP contribution is 2.37. The van der Waals surface area contributed by atoms with E-state index in [0.29, 0.717) is 0 Å². The molecule has 3 aromatic rings. The van der Waals surface area contributed by atoms with Crippen LogP contribution in [0.2, 0.25) is 0 Å². The number of ether oxygens (including phenoxy) is 1. The summed E-state index contributed by atoms with van der Waals surface area (Å²) in [5.74, 6) is 2.48. The Hall–Kier alpha value is -2.33. The molecular weight excluding hydrogens is 324 g/mol. The first-order valence-electron chi connectivity index (χ1n) is 9.62. The Morgan fingerprint density at radius 1 is 1.08 bits per heavy atom. The Balaban J connectivity index is 1.33. The van der Waals surface area contributed by atoms with Crippen molar-refractivity contribution in [3.63, 3.8) is 0 Å². The number of aromatic nitrogens is 1. The zero-order valence-corrected chi connectivity index (χ0v) is 15.1. The van der Waals surface area contributed by atoms with Crippen LogP contribution in [-0.2, 0) is 6.42 Å². The van der Waals surface area contributed by atoms with Crippen LogP contribution < -0.4 is 10.5 Å². The molecule has 4 nitrogen and oxygen atoms in total. The molecule has 1 aliphatic rings. The monoisotopic (exact) mass is 350 g/mol. The lowest BCUT2D eigenvalue weighted by Gasteiger charge is -2.15. The van der Waals surface area contributed by atoms with Crippen molar-refractivity contribution in [1.29, 1.82) is 0 Å². The van der Waals surface area contributed by atoms with Crippen LogP contribution in [-0.4, -0.2) is 11.5 Å². The third kappa shape index (κ3) is 4.44. The van der Waals surface area contributed by atoms with Crippen LogP contribution in [0.1, 0.15) is 37.7 Å². The van der Waals surface area contributed by atoms with Gasteiger partial charge in [0.1, 0.15) is 11.3 Å². The van der Waals surface area contributed by atoms with Gasteiger partial charge in [0.05, 0.1) is 0 Å². The lowest BCUT2D eigenvalue weighted by atomic mass is 9.91. The van der Waals surface area contributed by atoms with Gasteiger partial charge in [-0.1, -0.05) is 37.1 Å². The second kappa shape index (κ2) is 7.92. The number of fused-ring (bicyclic) bond motifs is 1. The van der Waals surface area contributed by atoms with Crippen molar-refractivity contribution in [2.75, 3.05) is 6.54 Å². The number of hydrogen-bond acceptors (Lipinski definition) is 4. The van der Waals surface area contributed by atoms with Gasteiger partial charge in [0, 0.05) is 0 Å². The summed E-state index contributed by atoms with van der Waals surface area (Å²) in [6, 6.07) is 15.9. The summed E-state index contributed by atoms with van der Waals surface area (Å²) >= 11 is 0. The molecule has 26 heavy (non-hydrogen) atoms. The smallest absolute Gasteiger partial charge is 0.400 e. The first kappa shape index (κ1) is 17.1. The Morgan fingerprint density at radius 3 is 2.62 bits per heavy atom. The molecule has 1 unspecified atom stereocenters. The summed E-state index contributed by atoms with van der Waals surface area (Å²) in [5, 5.41) is 0. The maximum atomic E-state index is 5.78. The maximum absolute atomic E-state index is 5.78.